The molecule has 0 spiro atoms. The van der Waals surface area contributed by atoms with Gasteiger partial charge >= 0.3 is 0 Å². The topological polar surface area (TPSA) is 91.2 Å². The predicted molar refractivity (Wildman–Crippen MR) is 115 cm³/mol. The quantitative estimate of drug-likeness (QED) is 0.748. The number of anilines is 2. The zero-order chi connectivity index (χ0) is 20.4. The van der Waals surface area contributed by atoms with Crippen molar-refractivity contribution < 1.29 is 9.32 Å². The minimum Gasteiger partial charge on any atom is -0.394 e. The molecular weight excluding hydrogens is 386 g/mol. The van der Waals surface area contributed by atoms with E-state index in [-0.39, 0.29) is 18.6 Å². The Morgan fingerprint density at radius 2 is 1.97 bits per heavy atom. The van der Waals surface area contributed by atoms with Crippen LogP contribution in [0.2, 0.25) is 0 Å². The first kappa shape index (κ1) is 20.2. The van der Waals surface area contributed by atoms with Crippen molar-refractivity contribution in [3.05, 3.63) is 35.8 Å². The fraction of sp³-hybridized carbons (Fsp3) is 0.571. The van der Waals surface area contributed by atoms with E-state index in [1.54, 1.807) is 0 Å². The number of hydrogen-bond acceptors (Lipinski definition) is 7. The molecule has 1 fully saturated rings. The maximum absolute atomic E-state index is 12.5. The number of nitrogens with zero attached hydrogens (tertiary/aromatic N) is 4. The van der Waals surface area contributed by atoms with Gasteiger partial charge in [-0.05, 0) is 42.4 Å². The van der Waals surface area contributed by atoms with Gasteiger partial charge in [-0.3, -0.25) is 9.19 Å². The number of pyridine rings is 1. The summed E-state index contributed by atoms with van der Waals surface area (Å²) in [5.41, 5.74) is 2.22. The van der Waals surface area contributed by atoms with Crippen molar-refractivity contribution in [2.75, 3.05) is 35.7 Å². The van der Waals surface area contributed by atoms with Crippen molar-refractivity contribution in [2.24, 2.45) is 5.92 Å². The van der Waals surface area contributed by atoms with Crippen LogP contribution < -0.4 is 10.2 Å². The molecule has 4 heterocycles. The molecule has 0 radical (unpaired) electrons. The lowest BCUT2D eigenvalue weighted by atomic mass is 9.90. The molecule has 7 nitrogen and oxygen atoms in total. The van der Waals surface area contributed by atoms with Gasteiger partial charge < -0.3 is 15.3 Å². The summed E-state index contributed by atoms with van der Waals surface area (Å²) in [6.07, 6.45) is 6.52. The summed E-state index contributed by atoms with van der Waals surface area (Å²) in [5.74, 6) is 2.70. The van der Waals surface area contributed by atoms with E-state index in [1.165, 1.54) is 5.56 Å². The number of aliphatic hydroxyl groups excluding tert-OH is 1. The first-order valence-electron chi connectivity index (χ1n) is 10.4. The average molecular weight is 416 g/mol. The molecular formula is C21H29N5O2S. The van der Waals surface area contributed by atoms with Gasteiger partial charge in [-0.15, -0.1) is 0 Å². The molecule has 2 aliphatic heterocycles. The number of aromatic nitrogens is 3. The van der Waals surface area contributed by atoms with E-state index in [1.807, 2.05) is 12.4 Å². The second-order valence-corrected chi connectivity index (χ2v) is 9.67. The number of aryl methyl sites for hydroxylation is 1. The van der Waals surface area contributed by atoms with E-state index in [0.29, 0.717) is 29.9 Å². The van der Waals surface area contributed by atoms with E-state index in [9.17, 15) is 9.32 Å². The zero-order valence-electron chi connectivity index (χ0n) is 17.0. The Morgan fingerprint density at radius 3 is 2.62 bits per heavy atom. The van der Waals surface area contributed by atoms with Crippen LogP contribution in [0, 0.1) is 5.92 Å². The van der Waals surface area contributed by atoms with Crippen molar-refractivity contribution in [1.82, 2.24) is 15.0 Å². The van der Waals surface area contributed by atoms with Crippen LogP contribution in [0.5, 0.6) is 0 Å². The van der Waals surface area contributed by atoms with Crippen LogP contribution in [0.25, 0.3) is 0 Å². The third kappa shape index (κ3) is 4.28. The molecule has 2 atom stereocenters. The van der Waals surface area contributed by atoms with Gasteiger partial charge in [0.15, 0.2) is 0 Å². The van der Waals surface area contributed by atoms with Crippen LogP contribution in [0.3, 0.4) is 0 Å². The Hall–Kier alpha value is -2.06. The summed E-state index contributed by atoms with van der Waals surface area (Å²) >= 11 is 0. The lowest BCUT2D eigenvalue weighted by Crippen LogP contribution is -2.35. The molecule has 1 unspecified atom stereocenters. The first-order valence-corrected chi connectivity index (χ1v) is 11.7. The van der Waals surface area contributed by atoms with Crippen molar-refractivity contribution in [3.8, 4) is 0 Å². The summed E-state index contributed by atoms with van der Waals surface area (Å²) in [5, 5.41) is 13.1. The standard InChI is InChI=1S/C21H29N5O2S/c1-14(2)18(13-27)23-20-19-17(7-12-29(19)28)24-21(25-20)26-10-5-16(6-11-26)15-3-8-22-9-4-15/h3-4,8-9,14,16,18,27H,5-7,10-13H2,1-2H3,(H,23,24,25)/t18-,29?/m0/s1. The summed E-state index contributed by atoms with van der Waals surface area (Å²) < 4.78 is 12.5. The fourth-order valence-corrected chi connectivity index (χ4v) is 5.38. The maximum Gasteiger partial charge on any atom is 0.227 e. The third-order valence-corrected chi connectivity index (χ3v) is 7.41. The molecule has 0 amide bonds. The van der Waals surface area contributed by atoms with E-state index in [0.717, 1.165) is 36.5 Å². The Labute approximate surface area is 174 Å². The monoisotopic (exact) mass is 415 g/mol. The Bertz CT molecular complexity index is 869. The fourth-order valence-electron chi connectivity index (χ4n) is 4.07. The normalized spacial score (nSPS) is 20.7. The number of rotatable bonds is 6. The Balaban J connectivity index is 1.55. The van der Waals surface area contributed by atoms with Gasteiger partial charge in [-0.2, -0.15) is 4.98 Å². The lowest BCUT2D eigenvalue weighted by molar-refractivity contribution is 0.249. The third-order valence-electron chi connectivity index (χ3n) is 5.95. The van der Waals surface area contributed by atoms with E-state index in [4.69, 9.17) is 9.97 Å². The molecule has 156 valence electrons. The van der Waals surface area contributed by atoms with E-state index in [2.05, 4.69) is 41.2 Å². The number of hydrogen-bond donors (Lipinski definition) is 2. The summed E-state index contributed by atoms with van der Waals surface area (Å²) in [7, 11) is -1.08. The molecule has 29 heavy (non-hydrogen) atoms. The van der Waals surface area contributed by atoms with Crippen LogP contribution >= 0.6 is 0 Å². The van der Waals surface area contributed by atoms with Crippen LogP contribution in [0.1, 0.15) is 43.9 Å². The van der Waals surface area contributed by atoms with E-state index < -0.39 is 10.8 Å². The van der Waals surface area contributed by atoms with Crippen LogP contribution in [0.4, 0.5) is 11.8 Å². The molecule has 2 N–H and O–H groups in total. The van der Waals surface area contributed by atoms with Gasteiger partial charge in [-0.25, -0.2) is 4.98 Å². The number of fused-ring (bicyclic) bond motifs is 1. The Morgan fingerprint density at radius 1 is 1.24 bits per heavy atom. The molecule has 0 aliphatic carbocycles. The van der Waals surface area contributed by atoms with Crippen molar-refractivity contribution in [1.29, 1.82) is 0 Å². The summed E-state index contributed by atoms with van der Waals surface area (Å²) in [6.45, 7) is 5.90. The van der Waals surface area contributed by atoms with Crippen LogP contribution in [0.15, 0.2) is 29.4 Å². The van der Waals surface area contributed by atoms with Gasteiger partial charge in [0.05, 0.1) is 29.1 Å². The molecule has 1 saturated heterocycles. The van der Waals surface area contributed by atoms with Gasteiger partial charge in [0.2, 0.25) is 5.95 Å². The molecule has 0 saturated carbocycles. The largest absolute Gasteiger partial charge is 0.394 e. The molecule has 0 aromatic carbocycles. The molecule has 8 heteroatoms. The van der Waals surface area contributed by atoms with Gasteiger partial charge in [0.25, 0.3) is 0 Å². The molecule has 4 rings (SSSR count). The number of aliphatic hydroxyl groups is 1. The van der Waals surface area contributed by atoms with Crippen molar-refractivity contribution in [3.63, 3.8) is 0 Å². The zero-order valence-corrected chi connectivity index (χ0v) is 17.9. The summed E-state index contributed by atoms with van der Waals surface area (Å²) in [4.78, 5) is 16.6. The SMILES string of the molecule is CC(C)[C@H](CO)Nc1nc(N2CCC(c3ccncc3)CC2)nc2c1S(=O)CC2. The number of nitrogens with one attached hydrogen (secondary N) is 1. The van der Waals surface area contributed by atoms with Gasteiger partial charge in [0.1, 0.15) is 10.7 Å². The second kappa shape index (κ2) is 8.75. The first-order chi connectivity index (χ1) is 14.1. The average Bonchev–Trinajstić information content (AvgIpc) is 3.13. The molecule has 0 bridgehead atoms. The minimum atomic E-state index is -1.08. The Kier molecular flexibility index (Phi) is 6.10. The van der Waals surface area contributed by atoms with E-state index >= 15 is 0 Å². The highest BCUT2D eigenvalue weighted by Crippen LogP contribution is 2.33. The predicted octanol–water partition coefficient (Wildman–Crippen LogP) is 2.35. The minimum absolute atomic E-state index is 0.00966. The number of piperidine rings is 1. The van der Waals surface area contributed by atoms with Crippen molar-refractivity contribution in [2.45, 2.75) is 50.0 Å². The molecule has 2 aromatic heterocycles. The summed E-state index contributed by atoms with van der Waals surface area (Å²) in [6, 6.07) is 4.08. The van der Waals surface area contributed by atoms with Crippen molar-refractivity contribution >= 4 is 22.6 Å². The maximum atomic E-state index is 12.5. The highest BCUT2D eigenvalue weighted by atomic mass is 32.2. The highest BCUT2D eigenvalue weighted by molar-refractivity contribution is 7.85. The van der Waals surface area contributed by atoms with Gasteiger partial charge in [-0.1, -0.05) is 13.8 Å². The lowest BCUT2D eigenvalue weighted by Gasteiger charge is -2.33. The molecule has 2 aromatic rings. The van der Waals surface area contributed by atoms with Crippen LogP contribution in [-0.2, 0) is 17.2 Å². The van der Waals surface area contributed by atoms with Gasteiger partial charge in [0, 0.05) is 37.7 Å². The van der Waals surface area contributed by atoms with Crippen LogP contribution in [-0.4, -0.2) is 55.8 Å². The highest BCUT2D eigenvalue weighted by Gasteiger charge is 2.30. The smallest absolute Gasteiger partial charge is 0.227 e. The second-order valence-electron chi connectivity index (χ2n) is 8.17. The molecule has 2 aliphatic rings.